The molecule has 126 valence electrons. The first-order valence-corrected chi connectivity index (χ1v) is 8.76. The summed E-state index contributed by atoms with van der Waals surface area (Å²) in [5, 5.41) is 0. The van der Waals surface area contributed by atoms with Gasteiger partial charge in [-0.15, -0.1) is 0 Å². The summed E-state index contributed by atoms with van der Waals surface area (Å²) >= 11 is 0. The number of piperidine rings is 1. The molecular weight excluding hydrogens is 302 g/mol. The Kier molecular flexibility index (Phi) is 3.88. The van der Waals surface area contributed by atoms with E-state index in [4.69, 9.17) is 10.2 Å². The van der Waals surface area contributed by atoms with Crippen LogP contribution in [0.1, 0.15) is 54.8 Å². The fourth-order valence-electron chi connectivity index (χ4n) is 3.46. The van der Waals surface area contributed by atoms with Crippen LogP contribution in [0.4, 0.5) is 0 Å². The van der Waals surface area contributed by atoms with Crippen LogP contribution in [0.5, 0.6) is 0 Å². The minimum absolute atomic E-state index is 0.0118. The third-order valence-corrected chi connectivity index (χ3v) is 5.00. The molecular formula is C19H23N3O2. The summed E-state index contributed by atoms with van der Waals surface area (Å²) in [7, 11) is 0. The van der Waals surface area contributed by atoms with Gasteiger partial charge in [-0.25, -0.2) is 4.98 Å². The number of aromatic nitrogens is 1. The van der Waals surface area contributed by atoms with Crippen molar-refractivity contribution in [3.05, 3.63) is 41.8 Å². The monoisotopic (exact) mass is 325 g/mol. The van der Waals surface area contributed by atoms with Gasteiger partial charge in [-0.3, -0.25) is 4.79 Å². The Balaban J connectivity index is 1.67. The Morgan fingerprint density at radius 3 is 2.67 bits per heavy atom. The molecule has 1 amide bonds. The first-order chi connectivity index (χ1) is 11.6. The molecule has 5 nitrogen and oxygen atoms in total. The second-order valence-electron chi connectivity index (χ2n) is 7.00. The van der Waals surface area contributed by atoms with Gasteiger partial charge in [0, 0.05) is 30.1 Å². The Labute approximate surface area is 141 Å². The Morgan fingerprint density at radius 2 is 2.00 bits per heavy atom. The van der Waals surface area contributed by atoms with E-state index in [-0.39, 0.29) is 18.0 Å². The third kappa shape index (κ3) is 2.84. The molecule has 5 heteroatoms. The van der Waals surface area contributed by atoms with Crippen molar-refractivity contribution in [1.82, 2.24) is 9.88 Å². The molecule has 2 aromatic rings. The molecule has 2 aliphatic rings. The number of nitrogens with two attached hydrogens (primary N) is 1. The van der Waals surface area contributed by atoms with Gasteiger partial charge in [-0.2, -0.15) is 0 Å². The average Bonchev–Trinajstić information content (AvgIpc) is 3.33. The van der Waals surface area contributed by atoms with Crippen molar-refractivity contribution >= 4 is 5.91 Å². The number of carbonyl (C=O) groups excluding carboxylic acids is 1. The van der Waals surface area contributed by atoms with E-state index in [1.165, 1.54) is 0 Å². The summed E-state index contributed by atoms with van der Waals surface area (Å²) in [5.41, 5.74) is 7.43. The van der Waals surface area contributed by atoms with E-state index < -0.39 is 0 Å². The number of carbonyl (C=O) groups is 1. The van der Waals surface area contributed by atoms with E-state index in [0.29, 0.717) is 24.0 Å². The maximum absolute atomic E-state index is 13.1. The molecule has 1 aliphatic heterocycles. The van der Waals surface area contributed by atoms with Gasteiger partial charge >= 0.3 is 0 Å². The minimum Gasteiger partial charge on any atom is -0.440 e. The first-order valence-electron chi connectivity index (χ1n) is 8.76. The van der Waals surface area contributed by atoms with Crippen LogP contribution >= 0.6 is 0 Å². The van der Waals surface area contributed by atoms with Gasteiger partial charge in [-0.05, 0) is 44.7 Å². The maximum atomic E-state index is 13.1. The summed E-state index contributed by atoms with van der Waals surface area (Å²) in [6.07, 6.45) is 3.83. The van der Waals surface area contributed by atoms with Gasteiger partial charge < -0.3 is 15.1 Å². The zero-order valence-electron chi connectivity index (χ0n) is 13.9. The van der Waals surface area contributed by atoms with Gasteiger partial charge in [0.25, 0.3) is 5.91 Å². The predicted octanol–water partition coefficient (Wildman–Crippen LogP) is 3.17. The van der Waals surface area contributed by atoms with E-state index >= 15 is 0 Å². The van der Waals surface area contributed by atoms with E-state index in [1.54, 1.807) is 0 Å². The van der Waals surface area contributed by atoms with Crippen LogP contribution in [0, 0.1) is 0 Å². The Morgan fingerprint density at radius 1 is 1.25 bits per heavy atom. The molecule has 0 radical (unpaired) electrons. The highest BCUT2D eigenvalue weighted by Gasteiger charge is 2.37. The number of likely N-dealkylation sites (tertiary alicyclic amines) is 1. The van der Waals surface area contributed by atoms with E-state index in [9.17, 15) is 4.79 Å². The molecule has 1 saturated carbocycles. The largest absolute Gasteiger partial charge is 0.440 e. The normalized spacial score (nSPS) is 24.2. The molecule has 1 saturated heterocycles. The average molecular weight is 325 g/mol. The van der Waals surface area contributed by atoms with Crippen LogP contribution in [0.15, 0.2) is 34.7 Å². The summed E-state index contributed by atoms with van der Waals surface area (Å²) < 4.78 is 6.01. The molecule has 2 heterocycles. The molecule has 1 aliphatic carbocycles. The van der Waals surface area contributed by atoms with E-state index in [1.807, 2.05) is 35.2 Å². The van der Waals surface area contributed by atoms with Crippen molar-refractivity contribution in [1.29, 1.82) is 0 Å². The molecule has 1 aromatic carbocycles. The highest BCUT2D eigenvalue weighted by molar-refractivity contribution is 5.94. The van der Waals surface area contributed by atoms with Crippen molar-refractivity contribution < 1.29 is 9.21 Å². The molecule has 0 spiro atoms. The smallest absolute Gasteiger partial charge is 0.276 e. The summed E-state index contributed by atoms with van der Waals surface area (Å²) in [4.78, 5) is 19.6. The second-order valence-corrected chi connectivity index (χ2v) is 7.00. The standard InChI is InChI=1S/C19H23N3O2/c1-12-11-15(20)9-10-22(12)19(23)16-17(13-7-8-13)24-18(21-16)14-5-3-2-4-6-14/h2-6,12-13,15H,7-11,20H2,1H3/t12-,15-/m0/s1. The molecule has 2 N–H and O–H groups in total. The maximum Gasteiger partial charge on any atom is 0.276 e. The first kappa shape index (κ1) is 15.4. The zero-order chi connectivity index (χ0) is 16.7. The minimum atomic E-state index is -0.0118. The number of rotatable bonds is 3. The van der Waals surface area contributed by atoms with Gasteiger partial charge in [0.05, 0.1) is 0 Å². The van der Waals surface area contributed by atoms with Crippen molar-refractivity contribution in [2.75, 3.05) is 6.54 Å². The van der Waals surface area contributed by atoms with Crippen molar-refractivity contribution in [3.8, 4) is 11.5 Å². The van der Waals surface area contributed by atoms with Crippen molar-refractivity contribution in [2.45, 2.75) is 50.6 Å². The summed E-state index contributed by atoms with van der Waals surface area (Å²) in [6, 6.07) is 10.1. The van der Waals surface area contributed by atoms with Gasteiger partial charge in [-0.1, -0.05) is 18.2 Å². The number of oxazole rings is 1. The highest BCUT2D eigenvalue weighted by atomic mass is 16.4. The van der Waals surface area contributed by atoms with E-state index in [0.717, 1.165) is 37.0 Å². The second kappa shape index (κ2) is 6.06. The fraction of sp³-hybridized carbons (Fsp3) is 0.474. The summed E-state index contributed by atoms with van der Waals surface area (Å²) in [6.45, 7) is 2.75. The number of nitrogens with zero attached hydrogens (tertiary/aromatic N) is 2. The van der Waals surface area contributed by atoms with Crippen molar-refractivity contribution in [3.63, 3.8) is 0 Å². The fourth-order valence-corrected chi connectivity index (χ4v) is 3.46. The third-order valence-electron chi connectivity index (χ3n) is 5.00. The lowest BCUT2D eigenvalue weighted by atomic mass is 9.98. The van der Waals surface area contributed by atoms with Crippen LogP contribution < -0.4 is 5.73 Å². The Bertz CT molecular complexity index is 736. The van der Waals surface area contributed by atoms with Gasteiger partial charge in [0.1, 0.15) is 5.76 Å². The van der Waals surface area contributed by atoms with E-state index in [2.05, 4.69) is 11.9 Å². The topological polar surface area (TPSA) is 72.4 Å². The van der Waals surface area contributed by atoms with Crippen LogP contribution in [-0.2, 0) is 0 Å². The molecule has 1 aromatic heterocycles. The van der Waals surface area contributed by atoms with Crippen LogP contribution in [0.3, 0.4) is 0 Å². The predicted molar refractivity (Wildman–Crippen MR) is 91.6 cm³/mol. The van der Waals surface area contributed by atoms with Crippen LogP contribution in [-0.4, -0.2) is 34.4 Å². The number of hydrogen-bond donors (Lipinski definition) is 1. The molecule has 2 atom stereocenters. The van der Waals surface area contributed by atoms with Crippen LogP contribution in [0.25, 0.3) is 11.5 Å². The summed E-state index contributed by atoms with van der Waals surface area (Å²) in [5.74, 6) is 1.64. The highest BCUT2D eigenvalue weighted by Crippen LogP contribution is 2.43. The van der Waals surface area contributed by atoms with Gasteiger partial charge in [0.15, 0.2) is 5.69 Å². The van der Waals surface area contributed by atoms with Crippen molar-refractivity contribution in [2.24, 2.45) is 5.73 Å². The molecule has 0 bridgehead atoms. The molecule has 2 fully saturated rings. The lowest BCUT2D eigenvalue weighted by Crippen LogP contribution is -2.48. The molecule has 0 unspecified atom stereocenters. The quantitative estimate of drug-likeness (QED) is 0.941. The van der Waals surface area contributed by atoms with Gasteiger partial charge in [0.2, 0.25) is 5.89 Å². The lowest BCUT2D eigenvalue weighted by molar-refractivity contribution is 0.0611. The molecule has 24 heavy (non-hydrogen) atoms. The lowest BCUT2D eigenvalue weighted by Gasteiger charge is -2.36. The number of hydrogen-bond acceptors (Lipinski definition) is 4. The SMILES string of the molecule is C[C@H]1C[C@@H](N)CCN1C(=O)c1nc(-c2ccccc2)oc1C1CC1. The number of amides is 1. The zero-order valence-corrected chi connectivity index (χ0v) is 13.9. The Hall–Kier alpha value is -2.14. The molecule has 4 rings (SSSR count). The number of benzene rings is 1. The van der Waals surface area contributed by atoms with Crippen LogP contribution in [0.2, 0.25) is 0 Å².